The summed E-state index contributed by atoms with van der Waals surface area (Å²) >= 11 is 0. The van der Waals surface area contributed by atoms with Gasteiger partial charge in [0.25, 0.3) is 0 Å². The van der Waals surface area contributed by atoms with Crippen LogP contribution in [0.1, 0.15) is 35.5 Å². The van der Waals surface area contributed by atoms with Crippen molar-refractivity contribution in [3.63, 3.8) is 0 Å². The quantitative estimate of drug-likeness (QED) is 0.560. The summed E-state index contributed by atoms with van der Waals surface area (Å²) in [5.74, 6) is -0.336. The number of nitrogens with zero attached hydrogens (tertiary/aromatic N) is 3. The number of aromatic nitrogens is 2. The summed E-state index contributed by atoms with van der Waals surface area (Å²) in [6.07, 6.45) is 4.95. The molecule has 0 aliphatic carbocycles. The summed E-state index contributed by atoms with van der Waals surface area (Å²) in [4.78, 5) is 6.94. The third-order valence-electron chi connectivity index (χ3n) is 5.86. The van der Waals surface area contributed by atoms with Gasteiger partial charge in [-0.15, -0.1) is 0 Å². The van der Waals surface area contributed by atoms with E-state index in [1.54, 1.807) is 6.07 Å². The second-order valence-electron chi connectivity index (χ2n) is 8.22. The average Bonchev–Trinajstić information content (AvgIpc) is 3.06. The van der Waals surface area contributed by atoms with Crippen LogP contribution >= 0.6 is 0 Å². The van der Waals surface area contributed by atoms with Crippen molar-refractivity contribution in [1.82, 2.24) is 14.5 Å². The Hall–Kier alpha value is -2.60. The van der Waals surface area contributed by atoms with Gasteiger partial charge in [-0.1, -0.05) is 18.2 Å². The van der Waals surface area contributed by atoms with Crippen molar-refractivity contribution in [3.8, 4) is 0 Å². The number of imidazole rings is 1. The molecule has 30 heavy (non-hydrogen) atoms. The van der Waals surface area contributed by atoms with Crippen LogP contribution in [0.15, 0.2) is 48.7 Å². The lowest BCUT2D eigenvalue weighted by Crippen LogP contribution is -2.36. The minimum atomic E-state index is -0.807. The molecule has 4 rings (SSSR count). The predicted molar refractivity (Wildman–Crippen MR) is 111 cm³/mol. The molecular weight excluding hydrogens is 387 g/mol. The molecule has 1 saturated heterocycles. The summed E-state index contributed by atoms with van der Waals surface area (Å²) < 4.78 is 42.1. The molecule has 3 aromatic rings. The lowest BCUT2D eigenvalue weighted by Gasteiger charge is -2.32. The molecule has 2 aromatic carbocycles. The van der Waals surface area contributed by atoms with Crippen molar-refractivity contribution in [2.75, 3.05) is 13.1 Å². The van der Waals surface area contributed by atoms with Crippen LogP contribution < -0.4 is 0 Å². The van der Waals surface area contributed by atoms with Crippen molar-refractivity contribution >= 4 is 0 Å². The summed E-state index contributed by atoms with van der Waals surface area (Å²) in [6.45, 7) is 5.19. The molecule has 1 atom stereocenters. The van der Waals surface area contributed by atoms with Gasteiger partial charge in [-0.3, -0.25) is 4.90 Å². The number of piperidine rings is 1. The molecule has 1 aliphatic rings. The Bertz CT molecular complexity index is 997. The molecular formula is C24H26F3N3. The summed E-state index contributed by atoms with van der Waals surface area (Å²) in [5.41, 5.74) is 2.93. The molecule has 0 bridgehead atoms. The van der Waals surface area contributed by atoms with E-state index in [1.165, 1.54) is 24.3 Å². The van der Waals surface area contributed by atoms with Crippen molar-refractivity contribution in [2.45, 2.75) is 39.3 Å². The van der Waals surface area contributed by atoms with Gasteiger partial charge in [0.2, 0.25) is 0 Å². The molecule has 1 fully saturated rings. The zero-order valence-corrected chi connectivity index (χ0v) is 17.1. The zero-order chi connectivity index (χ0) is 21.1. The summed E-state index contributed by atoms with van der Waals surface area (Å²) in [6, 6.07) is 10.7. The van der Waals surface area contributed by atoms with Crippen LogP contribution in [0.3, 0.4) is 0 Å². The normalized spacial score (nSPS) is 17.4. The van der Waals surface area contributed by atoms with Gasteiger partial charge in [-0.25, -0.2) is 18.2 Å². The van der Waals surface area contributed by atoms with Crippen LogP contribution in [0.25, 0.3) is 0 Å². The van der Waals surface area contributed by atoms with E-state index in [2.05, 4.69) is 14.5 Å². The summed E-state index contributed by atoms with van der Waals surface area (Å²) in [7, 11) is 0. The Morgan fingerprint density at radius 3 is 2.50 bits per heavy atom. The number of rotatable bonds is 6. The third kappa shape index (κ3) is 4.93. The molecule has 1 aromatic heterocycles. The van der Waals surface area contributed by atoms with Crippen LogP contribution in [0, 0.1) is 30.3 Å². The fraction of sp³-hybridized carbons (Fsp3) is 0.375. The van der Waals surface area contributed by atoms with E-state index < -0.39 is 11.6 Å². The van der Waals surface area contributed by atoms with Gasteiger partial charge in [0.15, 0.2) is 11.6 Å². The van der Waals surface area contributed by atoms with Gasteiger partial charge < -0.3 is 4.57 Å². The highest BCUT2D eigenvalue weighted by Gasteiger charge is 2.22. The number of aryl methyl sites for hydroxylation is 1. The maximum atomic E-state index is 13.5. The van der Waals surface area contributed by atoms with E-state index in [1.807, 2.05) is 25.3 Å². The minimum absolute atomic E-state index is 0.232. The molecule has 158 valence electrons. The molecule has 3 nitrogen and oxygen atoms in total. The molecule has 1 aliphatic heterocycles. The number of hydrogen-bond donors (Lipinski definition) is 0. The van der Waals surface area contributed by atoms with E-state index >= 15 is 0 Å². The first-order valence-electron chi connectivity index (χ1n) is 10.4. The predicted octanol–water partition coefficient (Wildman–Crippen LogP) is 5.11. The number of hydrogen-bond acceptors (Lipinski definition) is 2. The highest BCUT2D eigenvalue weighted by Crippen LogP contribution is 2.23. The van der Waals surface area contributed by atoms with Crippen molar-refractivity contribution in [2.24, 2.45) is 5.92 Å². The Morgan fingerprint density at radius 2 is 1.73 bits per heavy atom. The van der Waals surface area contributed by atoms with Gasteiger partial charge >= 0.3 is 0 Å². The van der Waals surface area contributed by atoms with E-state index in [-0.39, 0.29) is 5.82 Å². The van der Waals surface area contributed by atoms with Crippen molar-refractivity contribution in [3.05, 3.63) is 88.8 Å². The number of benzene rings is 2. The fourth-order valence-corrected chi connectivity index (χ4v) is 4.28. The Balaban J connectivity index is 1.41. The Morgan fingerprint density at radius 1 is 0.967 bits per heavy atom. The Labute approximate surface area is 175 Å². The number of halogens is 3. The fourth-order valence-electron chi connectivity index (χ4n) is 4.28. The number of likely N-dealkylation sites (tertiary alicyclic amines) is 1. The maximum absolute atomic E-state index is 13.5. The minimum Gasteiger partial charge on any atom is -0.328 e. The van der Waals surface area contributed by atoms with E-state index in [9.17, 15) is 13.2 Å². The molecule has 0 radical (unpaired) electrons. The first-order valence-corrected chi connectivity index (χ1v) is 10.4. The van der Waals surface area contributed by atoms with E-state index in [0.29, 0.717) is 19.0 Å². The largest absolute Gasteiger partial charge is 0.328 e. The van der Waals surface area contributed by atoms with Crippen LogP contribution in [0.5, 0.6) is 0 Å². The topological polar surface area (TPSA) is 21.1 Å². The highest BCUT2D eigenvalue weighted by atomic mass is 19.2. The van der Waals surface area contributed by atoms with E-state index in [0.717, 1.165) is 55.0 Å². The Kier molecular flexibility index (Phi) is 6.23. The lowest BCUT2D eigenvalue weighted by molar-refractivity contribution is 0.165. The molecule has 0 spiro atoms. The molecule has 0 amide bonds. The monoisotopic (exact) mass is 413 g/mol. The average molecular weight is 413 g/mol. The molecule has 0 saturated carbocycles. The van der Waals surface area contributed by atoms with E-state index in [4.69, 9.17) is 0 Å². The second kappa shape index (κ2) is 9.04. The van der Waals surface area contributed by atoms with Crippen LogP contribution in [-0.4, -0.2) is 27.5 Å². The molecule has 6 heteroatoms. The lowest BCUT2D eigenvalue weighted by atomic mass is 9.94. The van der Waals surface area contributed by atoms with Crippen LogP contribution in [0.2, 0.25) is 0 Å². The van der Waals surface area contributed by atoms with Gasteiger partial charge in [-0.05, 0) is 67.6 Å². The first kappa shape index (κ1) is 20.7. The van der Waals surface area contributed by atoms with Gasteiger partial charge in [0, 0.05) is 37.9 Å². The summed E-state index contributed by atoms with van der Waals surface area (Å²) in [5, 5.41) is 0. The zero-order valence-electron chi connectivity index (χ0n) is 17.1. The highest BCUT2D eigenvalue weighted by molar-refractivity contribution is 5.19. The van der Waals surface area contributed by atoms with Crippen LogP contribution in [-0.2, 0) is 19.5 Å². The SMILES string of the molecule is Cc1cnc(CC2CCCN(Cc3ccc(F)c(F)c3)C2)n1Cc1ccc(F)cc1. The van der Waals surface area contributed by atoms with Gasteiger partial charge in [-0.2, -0.15) is 0 Å². The molecule has 2 heterocycles. The van der Waals surface area contributed by atoms with Gasteiger partial charge in [0.1, 0.15) is 11.6 Å². The smallest absolute Gasteiger partial charge is 0.159 e. The standard InChI is InChI=1S/C24H26F3N3/c1-17-13-28-24(30(17)16-18-4-7-21(25)8-5-18)12-19-3-2-10-29(14-19)15-20-6-9-22(26)23(27)11-20/h4-9,11,13,19H,2-3,10,12,14-16H2,1H3. The van der Waals surface area contributed by atoms with Crippen LogP contribution in [0.4, 0.5) is 13.2 Å². The second-order valence-corrected chi connectivity index (χ2v) is 8.22. The molecule has 0 N–H and O–H groups in total. The molecule has 1 unspecified atom stereocenters. The maximum Gasteiger partial charge on any atom is 0.159 e. The van der Waals surface area contributed by atoms with Gasteiger partial charge in [0.05, 0.1) is 0 Å². The van der Waals surface area contributed by atoms with Crippen molar-refractivity contribution in [1.29, 1.82) is 0 Å². The van der Waals surface area contributed by atoms with Crippen molar-refractivity contribution < 1.29 is 13.2 Å². The first-order chi connectivity index (χ1) is 14.5. The third-order valence-corrected chi connectivity index (χ3v) is 5.86.